The quantitative estimate of drug-likeness (QED) is 0.300. The number of hydrazine groups is 1. The van der Waals surface area contributed by atoms with Crippen molar-refractivity contribution in [1.82, 2.24) is 20.8 Å². The minimum atomic E-state index is -0.421. The third-order valence-electron chi connectivity index (χ3n) is 1.46. The van der Waals surface area contributed by atoms with Crippen LogP contribution >= 0.6 is 11.8 Å². The van der Waals surface area contributed by atoms with Crippen LogP contribution < -0.4 is 22.1 Å². The molecule has 0 saturated heterocycles. The number of nitrogens with two attached hydrogens (primary N) is 1. The summed E-state index contributed by atoms with van der Waals surface area (Å²) in [5.74, 6) is -0.722. The monoisotopic (exact) mass is 257 g/mol. The van der Waals surface area contributed by atoms with E-state index in [0.717, 1.165) is 17.8 Å². The number of amides is 2. The van der Waals surface area contributed by atoms with E-state index in [-0.39, 0.29) is 28.2 Å². The molecule has 0 bridgehead atoms. The highest BCUT2D eigenvalue weighted by Crippen LogP contribution is 2.10. The Morgan fingerprint density at radius 1 is 1.53 bits per heavy atom. The van der Waals surface area contributed by atoms with Gasteiger partial charge in [0, 0.05) is 13.0 Å². The average Bonchev–Trinajstić information content (AvgIpc) is 2.22. The molecule has 1 aromatic rings. The van der Waals surface area contributed by atoms with E-state index in [1.807, 2.05) is 0 Å². The van der Waals surface area contributed by atoms with Crippen molar-refractivity contribution in [3.8, 4) is 0 Å². The van der Waals surface area contributed by atoms with Gasteiger partial charge in [-0.05, 0) is 0 Å². The van der Waals surface area contributed by atoms with Gasteiger partial charge in [-0.1, -0.05) is 11.8 Å². The molecule has 5 N–H and O–H groups in total. The Hall–Kier alpha value is -2.03. The Balaban J connectivity index is 2.47. The molecule has 0 unspecified atom stereocenters. The lowest BCUT2D eigenvalue weighted by Crippen LogP contribution is -2.41. The zero-order valence-electron chi connectivity index (χ0n) is 8.94. The van der Waals surface area contributed by atoms with Crippen molar-refractivity contribution in [2.45, 2.75) is 12.1 Å². The summed E-state index contributed by atoms with van der Waals surface area (Å²) in [5, 5.41) is 0.243. The van der Waals surface area contributed by atoms with Crippen LogP contribution in [0.15, 0.2) is 16.0 Å². The molecule has 9 heteroatoms. The fraction of sp³-hybridized carbons (Fsp3) is 0.250. The van der Waals surface area contributed by atoms with Crippen LogP contribution in [0.4, 0.5) is 5.82 Å². The van der Waals surface area contributed by atoms with Crippen molar-refractivity contribution in [2.75, 3.05) is 11.5 Å². The molecule has 8 nitrogen and oxygen atoms in total. The molecule has 0 atom stereocenters. The largest absolute Gasteiger partial charge is 0.383 e. The van der Waals surface area contributed by atoms with E-state index < -0.39 is 5.91 Å². The lowest BCUT2D eigenvalue weighted by atomic mass is 10.6. The van der Waals surface area contributed by atoms with Gasteiger partial charge < -0.3 is 10.7 Å². The Kier molecular flexibility index (Phi) is 4.52. The summed E-state index contributed by atoms with van der Waals surface area (Å²) >= 11 is 0.999. The number of anilines is 1. The first-order chi connectivity index (χ1) is 7.97. The van der Waals surface area contributed by atoms with Crippen LogP contribution in [-0.4, -0.2) is 27.5 Å². The fourth-order valence-corrected chi connectivity index (χ4v) is 1.53. The number of carbonyl (C=O) groups excluding carboxylic acids is 2. The van der Waals surface area contributed by atoms with Crippen molar-refractivity contribution in [3.05, 3.63) is 16.4 Å². The maximum Gasteiger partial charge on any atom is 0.253 e. The van der Waals surface area contributed by atoms with Gasteiger partial charge in [0.25, 0.3) is 5.56 Å². The van der Waals surface area contributed by atoms with Crippen LogP contribution in [0.1, 0.15) is 6.92 Å². The topological polar surface area (TPSA) is 130 Å². The molecule has 1 heterocycles. The number of nitrogen functional groups attached to an aromatic ring is 1. The highest BCUT2D eigenvalue weighted by molar-refractivity contribution is 7.99. The number of aromatic nitrogens is 2. The summed E-state index contributed by atoms with van der Waals surface area (Å²) in [6.07, 6.45) is 0. The molecule has 0 aliphatic heterocycles. The van der Waals surface area contributed by atoms with Crippen LogP contribution in [0.2, 0.25) is 0 Å². The minimum absolute atomic E-state index is 0.00727. The molecule has 0 aliphatic rings. The second kappa shape index (κ2) is 5.89. The predicted molar refractivity (Wildman–Crippen MR) is 62.0 cm³/mol. The van der Waals surface area contributed by atoms with Gasteiger partial charge in [0.15, 0.2) is 5.16 Å². The molecule has 0 spiro atoms. The first-order valence-corrected chi connectivity index (χ1v) is 5.51. The van der Waals surface area contributed by atoms with Crippen molar-refractivity contribution in [2.24, 2.45) is 0 Å². The summed E-state index contributed by atoms with van der Waals surface area (Å²) in [6, 6.07) is 1.14. The molecule has 0 radical (unpaired) electrons. The number of rotatable bonds is 3. The summed E-state index contributed by atoms with van der Waals surface area (Å²) in [6.45, 7) is 1.27. The van der Waals surface area contributed by atoms with Gasteiger partial charge in [-0.2, -0.15) is 0 Å². The van der Waals surface area contributed by atoms with Gasteiger partial charge >= 0.3 is 0 Å². The summed E-state index contributed by atoms with van der Waals surface area (Å²) in [4.78, 5) is 39.0. The van der Waals surface area contributed by atoms with E-state index in [2.05, 4.69) is 20.8 Å². The minimum Gasteiger partial charge on any atom is -0.383 e. The molecule has 2 amide bonds. The highest BCUT2D eigenvalue weighted by atomic mass is 32.2. The summed E-state index contributed by atoms with van der Waals surface area (Å²) in [5.41, 5.74) is 9.28. The maximum atomic E-state index is 11.2. The molecule has 0 saturated carbocycles. The molecule has 0 fully saturated rings. The van der Waals surface area contributed by atoms with Crippen LogP contribution in [0, 0.1) is 0 Å². The maximum absolute atomic E-state index is 11.2. The van der Waals surface area contributed by atoms with E-state index >= 15 is 0 Å². The Bertz CT molecular complexity index is 486. The van der Waals surface area contributed by atoms with Crippen molar-refractivity contribution in [3.63, 3.8) is 0 Å². The number of nitrogens with one attached hydrogen (secondary N) is 3. The second-order valence-corrected chi connectivity index (χ2v) is 3.96. The first-order valence-electron chi connectivity index (χ1n) is 4.52. The molecule has 92 valence electrons. The fourth-order valence-electron chi connectivity index (χ4n) is 0.849. The third-order valence-corrected chi connectivity index (χ3v) is 2.33. The smallest absolute Gasteiger partial charge is 0.253 e. The van der Waals surface area contributed by atoms with Crippen molar-refractivity contribution >= 4 is 29.4 Å². The molecule has 1 rings (SSSR count). The van der Waals surface area contributed by atoms with E-state index in [1.54, 1.807) is 0 Å². The van der Waals surface area contributed by atoms with Crippen LogP contribution in [0.5, 0.6) is 0 Å². The van der Waals surface area contributed by atoms with E-state index in [0.29, 0.717) is 0 Å². The zero-order valence-corrected chi connectivity index (χ0v) is 9.76. The molecule has 17 heavy (non-hydrogen) atoms. The lowest BCUT2D eigenvalue weighted by molar-refractivity contribution is -0.126. The Morgan fingerprint density at radius 2 is 2.24 bits per heavy atom. The predicted octanol–water partition coefficient (Wildman–Crippen LogP) is -1.39. The number of hydrogen-bond acceptors (Lipinski definition) is 6. The number of carbonyl (C=O) groups is 2. The molecule has 0 aromatic carbocycles. The van der Waals surface area contributed by atoms with E-state index in [9.17, 15) is 14.4 Å². The van der Waals surface area contributed by atoms with Crippen LogP contribution in [-0.2, 0) is 9.59 Å². The average molecular weight is 257 g/mol. The second-order valence-electron chi connectivity index (χ2n) is 2.99. The van der Waals surface area contributed by atoms with Gasteiger partial charge in [-0.25, -0.2) is 4.98 Å². The van der Waals surface area contributed by atoms with Gasteiger partial charge in [-0.15, -0.1) is 0 Å². The van der Waals surface area contributed by atoms with Gasteiger partial charge in [0.1, 0.15) is 5.82 Å². The molecule has 1 aromatic heterocycles. The number of nitrogens with zero attached hydrogens (tertiary/aromatic N) is 1. The molecular weight excluding hydrogens is 246 g/mol. The summed E-state index contributed by atoms with van der Waals surface area (Å²) in [7, 11) is 0. The normalized spacial score (nSPS) is 9.71. The lowest BCUT2D eigenvalue weighted by Gasteiger charge is -2.04. The Morgan fingerprint density at radius 3 is 2.82 bits per heavy atom. The van der Waals surface area contributed by atoms with Crippen molar-refractivity contribution in [1.29, 1.82) is 0 Å². The van der Waals surface area contributed by atoms with Crippen LogP contribution in [0.25, 0.3) is 0 Å². The zero-order chi connectivity index (χ0) is 12.8. The standard InChI is InChI=1S/C8H11N5O3S/c1-4(14)12-13-7(16)3-17-8-10-5(9)2-6(15)11-8/h2H,3H2,1H3,(H,12,14)(H,13,16)(H3,9,10,11,15). The van der Waals surface area contributed by atoms with E-state index in [1.165, 1.54) is 6.92 Å². The van der Waals surface area contributed by atoms with Gasteiger partial charge in [0.05, 0.1) is 5.75 Å². The van der Waals surface area contributed by atoms with Gasteiger partial charge in [0.2, 0.25) is 11.8 Å². The summed E-state index contributed by atoms with van der Waals surface area (Å²) < 4.78 is 0. The SMILES string of the molecule is CC(=O)NNC(=O)CSc1nc(N)cc(=O)[nH]1. The highest BCUT2D eigenvalue weighted by Gasteiger charge is 2.05. The third kappa shape index (κ3) is 5.02. The van der Waals surface area contributed by atoms with Crippen molar-refractivity contribution < 1.29 is 9.59 Å². The number of thioether (sulfide) groups is 1. The number of aromatic amines is 1. The number of H-pyrrole nitrogens is 1. The number of hydrogen-bond donors (Lipinski definition) is 4. The van der Waals surface area contributed by atoms with Gasteiger partial charge in [-0.3, -0.25) is 25.2 Å². The molecular formula is C8H11N5O3S. The molecule has 0 aliphatic carbocycles. The van der Waals surface area contributed by atoms with Crippen LogP contribution in [0.3, 0.4) is 0 Å². The Labute approximate surface area is 100 Å². The van der Waals surface area contributed by atoms with E-state index in [4.69, 9.17) is 5.73 Å². The first kappa shape index (κ1) is 13.0.